The minimum atomic E-state index is -3.31. The third-order valence-electron chi connectivity index (χ3n) is 3.13. The first-order valence-electron chi connectivity index (χ1n) is 5.78. The summed E-state index contributed by atoms with van der Waals surface area (Å²) in [7, 11) is -3.31. The summed E-state index contributed by atoms with van der Waals surface area (Å²) < 4.78 is 27.2. The monoisotopic (exact) mass is 299 g/mol. The number of thiophene rings is 2. The highest BCUT2D eigenvalue weighted by molar-refractivity contribution is 7.91. The molecule has 0 aliphatic carbocycles. The SMILES string of the molecule is O=S(=O)(c1cccs1)N1CCC[C@H]1c1cccs1. The molecule has 0 saturated carbocycles. The molecule has 0 radical (unpaired) electrons. The Bertz CT molecular complexity index is 602. The van der Waals surface area contributed by atoms with Crippen LogP contribution in [-0.4, -0.2) is 19.3 Å². The van der Waals surface area contributed by atoms with Gasteiger partial charge in [-0.05, 0) is 35.7 Å². The highest BCUT2D eigenvalue weighted by Crippen LogP contribution is 2.39. The second kappa shape index (κ2) is 4.77. The fourth-order valence-corrected chi connectivity index (χ4v) is 6.05. The van der Waals surface area contributed by atoms with Gasteiger partial charge in [-0.1, -0.05) is 12.1 Å². The lowest BCUT2D eigenvalue weighted by atomic mass is 10.2. The molecule has 0 unspecified atom stereocenters. The smallest absolute Gasteiger partial charge is 0.206 e. The van der Waals surface area contributed by atoms with E-state index in [0.29, 0.717) is 10.8 Å². The van der Waals surface area contributed by atoms with Gasteiger partial charge in [-0.2, -0.15) is 4.31 Å². The van der Waals surface area contributed by atoms with Gasteiger partial charge < -0.3 is 0 Å². The fourth-order valence-electron chi connectivity index (χ4n) is 2.32. The van der Waals surface area contributed by atoms with Crippen molar-refractivity contribution in [3.8, 4) is 0 Å². The molecule has 3 heterocycles. The number of hydrogen-bond donors (Lipinski definition) is 0. The van der Waals surface area contributed by atoms with E-state index in [1.807, 2.05) is 22.9 Å². The van der Waals surface area contributed by atoms with Gasteiger partial charge >= 0.3 is 0 Å². The molecule has 1 atom stereocenters. The van der Waals surface area contributed by atoms with Crippen molar-refractivity contribution in [3.63, 3.8) is 0 Å². The lowest BCUT2D eigenvalue weighted by Gasteiger charge is -2.22. The van der Waals surface area contributed by atoms with Crippen LogP contribution in [0.3, 0.4) is 0 Å². The lowest BCUT2D eigenvalue weighted by Crippen LogP contribution is -2.29. The molecule has 96 valence electrons. The molecule has 0 N–H and O–H groups in total. The number of rotatable bonds is 3. The Kier molecular flexibility index (Phi) is 3.27. The second-order valence-corrected chi connectivity index (χ2v) is 8.27. The van der Waals surface area contributed by atoms with Crippen molar-refractivity contribution < 1.29 is 8.42 Å². The molecule has 0 bridgehead atoms. The summed E-state index contributed by atoms with van der Waals surface area (Å²) >= 11 is 2.92. The molecule has 1 fully saturated rings. The van der Waals surface area contributed by atoms with Crippen molar-refractivity contribution in [2.75, 3.05) is 6.54 Å². The molecule has 1 aliphatic rings. The molecule has 0 spiro atoms. The Labute approximate surface area is 115 Å². The van der Waals surface area contributed by atoms with Gasteiger partial charge in [0.2, 0.25) is 0 Å². The highest BCUT2D eigenvalue weighted by Gasteiger charge is 2.36. The second-order valence-electron chi connectivity index (χ2n) is 4.22. The fraction of sp³-hybridized carbons (Fsp3) is 0.333. The van der Waals surface area contributed by atoms with Crippen molar-refractivity contribution in [1.29, 1.82) is 0 Å². The summed E-state index contributed by atoms with van der Waals surface area (Å²) in [6.07, 6.45) is 1.86. The molecule has 18 heavy (non-hydrogen) atoms. The topological polar surface area (TPSA) is 37.4 Å². The Morgan fingerprint density at radius 1 is 1.17 bits per heavy atom. The van der Waals surface area contributed by atoms with Gasteiger partial charge in [0.1, 0.15) is 4.21 Å². The van der Waals surface area contributed by atoms with E-state index in [1.165, 1.54) is 11.3 Å². The van der Waals surface area contributed by atoms with E-state index in [1.54, 1.807) is 27.8 Å². The van der Waals surface area contributed by atoms with Crippen molar-refractivity contribution >= 4 is 32.7 Å². The summed E-state index contributed by atoms with van der Waals surface area (Å²) in [5.41, 5.74) is 0. The van der Waals surface area contributed by atoms with Crippen LogP contribution in [0.1, 0.15) is 23.8 Å². The van der Waals surface area contributed by atoms with Gasteiger partial charge in [-0.15, -0.1) is 22.7 Å². The Morgan fingerprint density at radius 3 is 2.61 bits per heavy atom. The standard InChI is InChI=1S/C12H13NO2S3/c14-18(15,12-6-3-9-17-12)13-7-1-4-10(13)11-5-2-8-16-11/h2-3,5-6,8-10H,1,4,7H2/t10-/m0/s1. The average molecular weight is 299 g/mol. The molecule has 1 aliphatic heterocycles. The summed E-state index contributed by atoms with van der Waals surface area (Å²) in [6, 6.07) is 7.50. The zero-order valence-corrected chi connectivity index (χ0v) is 12.1. The Balaban J connectivity index is 1.97. The van der Waals surface area contributed by atoms with E-state index >= 15 is 0 Å². The van der Waals surface area contributed by atoms with E-state index in [4.69, 9.17) is 0 Å². The molecule has 3 rings (SSSR count). The normalized spacial score (nSPS) is 21.4. The summed E-state index contributed by atoms with van der Waals surface area (Å²) in [5.74, 6) is 0. The highest BCUT2D eigenvalue weighted by atomic mass is 32.2. The predicted octanol–water partition coefficient (Wildman–Crippen LogP) is 3.34. The predicted molar refractivity (Wildman–Crippen MR) is 74.5 cm³/mol. The van der Waals surface area contributed by atoms with E-state index in [9.17, 15) is 8.42 Å². The molecule has 1 saturated heterocycles. The molecule has 2 aromatic heterocycles. The Morgan fingerprint density at radius 2 is 1.94 bits per heavy atom. The van der Waals surface area contributed by atoms with Gasteiger partial charge in [0, 0.05) is 11.4 Å². The molecule has 0 amide bonds. The first kappa shape index (κ1) is 12.3. The summed E-state index contributed by atoms with van der Waals surface area (Å²) in [4.78, 5) is 1.15. The largest absolute Gasteiger partial charge is 0.253 e. The summed E-state index contributed by atoms with van der Waals surface area (Å²) in [5, 5.41) is 3.81. The van der Waals surface area contributed by atoms with Crippen LogP contribution >= 0.6 is 22.7 Å². The molecule has 0 aromatic carbocycles. The number of nitrogens with zero attached hydrogens (tertiary/aromatic N) is 1. The maximum absolute atomic E-state index is 12.5. The van der Waals surface area contributed by atoms with Crippen LogP contribution in [0.5, 0.6) is 0 Å². The minimum Gasteiger partial charge on any atom is -0.206 e. The van der Waals surface area contributed by atoms with Gasteiger partial charge in [0.05, 0.1) is 6.04 Å². The third kappa shape index (κ3) is 2.03. The zero-order valence-electron chi connectivity index (χ0n) is 9.65. The third-order valence-corrected chi connectivity index (χ3v) is 7.39. The van der Waals surface area contributed by atoms with E-state index < -0.39 is 10.0 Å². The van der Waals surface area contributed by atoms with Crippen LogP contribution < -0.4 is 0 Å². The maximum Gasteiger partial charge on any atom is 0.253 e. The van der Waals surface area contributed by atoms with Gasteiger partial charge in [-0.3, -0.25) is 0 Å². The molecular weight excluding hydrogens is 286 g/mol. The van der Waals surface area contributed by atoms with Crippen molar-refractivity contribution in [2.24, 2.45) is 0 Å². The van der Waals surface area contributed by atoms with Gasteiger partial charge in [0.15, 0.2) is 0 Å². The molecule has 2 aromatic rings. The van der Waals surface area contributed by atoms with E-state index in [0.717, 1.165) is 17.7 Å². The van der Waals surface area contributed by atoms with Crippen LogP contribution in [0.15, 0.2) is 39.2 Å². The number of hydrogen-bond acceptors (Lipinski definition) is 4. The van der Waals surface area contributed by atoms with Crippen LogP contribution in [0, 0.1) is 0 Å². The first-order valence-corrected chi connectivity index (χ1v) is 8.98. The minimum absolute atomic E-state index is 0.0251. The van der Waals surface area contributed by atoms with Crippen LogP contribution in [-0.2, 0) is 10.0 Å². The number of sulfonamides is 1. The van der Waals surface area contributed by atoms with Crippen LogP contribution in [0.4, 0.5) is 0 Å². The van der Waals surface area contributed by atoms with Gasteiger partial charge in [-0.25, -0.2) is 8.42 Å². The van der Waals surface area contributed by atoms with Crippen molar-refractivity contribution in [3.05, 3.63) is 39.9 Å². The first-order chi connectivity index (χ1) is 8.69. The maximum atomic E-state index is 12.5. The van der Waals surface area contributed by atoms with Crippen molar-refractivity contribution in [1.82, 2.24) is 4.31 Å². The summed E-state index contributed by atoms with van der Waals surface area (Å²) in [6.45, 7) is 0.628. The quantitative estimate of drug-likeness (QED) is 0.871. The van der Waals surface area contributed by atoms with Crippen LogP contribution in [0.2, 0.25) is 0 Å². The van der Waals surface area contributed by atoms with Gasteiger partial charge in [0.25, 0.3) is 10.0 Å². The van der Waals surface area contributed by atoms with Crippen LogP contribution in [0.25, 0.3) is 0 Å². The lowest BCUT2D eigenvalue weighted by molar-refractivity contribution is 0.402. The van der Waals surface area contributed by atoms with E-state index in [2.05, 4.69) is 0 Å². The van der Waals surface area contributed by atoms with Crippen molar-refractivity contribution in [2.45, 2.75) is 23.1 Å². The zero-order chi connectivity index (χ0) is 12.6. The molecular formula is C12H13NO2S3. The molecule has 3 nitrogen and oxygen atoms in total. The molecule has 6 heteroatoms. The average Bonchev–Trinajstić information content (AvgIpc) is 3.11. The Hall–Kier alpha value is -0.690. The van der Waals surface area contributed by atoms with E-state index in [-0.39, 0.29) is 6.04 Å².